The first-order chi connectivity index (χ1) is 9.88. The summed E-state index contributed by atoms with van der Waals surface area (Å²) in [5.74, 6) is -1.67. The Hall–Kier alpha value is -2.18. The van der Waals surface area contributed by atoms with Gasteiger partial charge in [-0.25, -0.2) is 8.78 Å². The van der Waals surface area contributed by atoms with Crippen LogP contribution in [0.15, 0.2) is 36.4 Å². The predicted molar refractivity (Wildman–Crippen MR) is 74.6 cm³/mol. The third kappa shape index (κ3) is 3.48. The zero-order valence-corrected chi connectivity index (χ0v) is 11.1. The largest absolute Gasteiger partial charge is 0.508 e. The summed E-state index contributed by atoms with van der Waals surface area (Å²) in [5.41, 5.74) is 12.2. The Morgan fingerprint density at radius 3 is 1.52 bits per heavy atom. The van der Waals surface area contributed by atoms with E-state index < -0.39 is 23.7 Å². The lowest BCUT2D eigenvalue weighted by Gasteiger charge is -2.19. The SMILES string of the molecule is NC(CC(N)c1ccc(O)cc1F)c1ccc(O)cc1F. The predicted octanol–water partition coefficient (Wildman–Crippen LogP) is 2.47. The van der Waals surface area contributed by atoms with Crippen LogP contribution < -0.4 is 11.5 Å². The Morgan fingerprint density at radius 2 is 1.19 bits per heavy atom. The first-order valence-corrected chi connectivity index (χ1v) is 6.36. The smallest absolute Gasteiger partial charge is 0.131 e. The minimum Gasteiger partial charge on any atom is -0.508 e. The highest BCUT2D eigenvalue weighted by atomic mass is 19.1. The monoisotopic (exact) mass is 294 g/mol. The maximum absolute atomic E-state index is 13.7. The lowest BCUT2D eigenvalue weighted by molar-refractivity contribution is 0.459. The van der Waals surface area contributed by atoms with E-state index in [-0.39, 0.29) is 29.0 Å². The first kappa shape index (κ1) is 15.2. The lowest BCUT2D eigenvalue weighted by Crippen LogP contribution is -2.21. The van der Waals surface area contributed by atoms with Crippen molar-refractivity contribution >= 4 is 0 Å². The molecule has 0 spiro atoms. The molecule has 6 heteroatoms. The third-order valence-electron chi connectivity index (χ3n) is 3.27. The van der Waals surface area contributed by atoms with Crippen LogP contribution in [0.4, 0.5) is 8.78 Å². The Labute approximate surface area is 120 Å². The van der Waals surface area contributed by atoms with Crippen molar-refractivity contribution in [1.82, 2.24) is 0 Å². The number of aromatic hydroxyl groups is 2. The Kier molecular flexibility index (Phi) is 4.40. The molecule has 0 heterocycles. The summed E-state index contributed by atoms with van der Waals surface area (Å²) in [6.45, 7) is 0. The van der Waals surface area contributed by atoms with Gasteiger partial charge in [-0.15, -0.1) is 0 Å². The maximum atomic E-state index is 13.7. The number of hydrogen-bond donors (Lipinski definition) is 4. The molecule has 0 aliphatic carbocycles. The fourth-order valence-electron chi connectivity index (χ4n) is 2.16. The average Bonchev–Trinajstić information content (AvgIpc) is 2.37. The summed E-state index contributed by atoms with van der Waals surface area (Å²) in [4.78, 5) is 0. The van der Waals surface area contributed by atoms with Crippen molar-refractivity contribution in [2.45, 2.75) is 18.5 Å². The van der Waals surface area contributed by atoms with Crippen LogP contribution in [0.5, 0.6) is 11.5 Å². The summed E-state index contributed by atoms with van der Waals surface area (Å²) >= 11 is 0. The number of nitrogens with two attached hydrogens (primary N) is 2. The Bertz CT molecular complexity index is 594. The van der Waals surface area contributed by atoms with E-state index in [0.717, 1.165) is 12.1 Å². The van der Waals surface area contributed by atoms with Gasteiger partial charge < -0.3 is 21.7 Å². The van der Waals surface area contributed by atoms with Gasteiger partial charge in [0.1, 0.15) is 23.1 Å². The highest BCUT2D eigenvalue weighted by Gasteiger charge is 2.19. The Balaban J connectivity index is 2.16. The quantitative estimate of drug-likeness (QED) is 0.697. The number of halogens is 2. The van der Waals surface area contributed by atoms with Crippen LogP contribution in [0.25, 0.3) is 0 Å². The second-order valence-corrected chi connectivity index (χ2v) is 4.86. The summed E-state index contributed by atoms with van der Waals surface area (Å²) in [5, 5.41) is 18.3. The molecule has 0 saturated carbocycles. The van der Waals surface area contributed by atoms with E-state index in [4.69, 9.17) is 21.7 Å². The molecule has 2 aromatic carbocycles. The second kappa shape index (κ2) is 6.07. The van der Waals surface area contributed by atoms with Crippen molar-refractivity contribution in [3.63, 3.8) is 0 Å². The molecule has 2 atom stereocenters. The lowest BCUT2D eigenvalue weighted by atomic mass is 9.95. The van der Waals surface area contributed by atoms with Gasteiger partial charge in [0.15, 0.2) is 0 Å². The van der Waals surface area contributed by atoms with Crippen molar-refractivity contribution in [3.05, 3.63) is 59.2 Å². The molecule has 21 heavy (non-hydrogen) atoms. The van der Waals surface area contributed by atoms with Crippen molar-refractivity contribution in [3.8, 4) is 11.5 Å². The van der Waals surface area contributed by atoms with E-state index in [1.54, 1.807) is 0 Å². The van der Waals surface area contributed by atoms with Crippen LogP contribution in [0.2, 0.25) is 0 Å². The van der Waals surface area contributed by atoms with Crippen LogP contribution in [-0.2, 0) is 0 Å². The molecule has 2 unspecified atom stereocenters. The number of hydrogen-bond acceptors (Lipinski definition) is 4. The van der Waals surface area contributed by atoms with Crippen molar-refractivity contribution in [2.75, 3.05) is 0 Å². The molecule has 2 rings (SSSR count). The maximum Gasteiger partial charge on any atom is 0.131 e. The molecule has 6 N–H and O–H groups in total. The van der Waals surface area contributed by atoms with Crippen molar-refractivity contribution in [1.29, 1.82) is 0 Å². The molecule has 0 aliphatic rings. The van der Waals surface area contributed by atoms with Crippen LogP contribution in [0, 0.1) is 11.6 Å². The minimum absolute atomic E-state index is 0.114. The van der Waals surface area contributed by atoms with E-state index in [2.05, 4.69) is 0 Å². The molecule has 0 amide bonds. The normalized spacial score (nSPS) is 13.9. The van der Waals surface area contributed by atoms with Crippen molar-refractivity contribution < 1.29 is 19.0 Å². The van der Waals surface area contributed by atoms with E-state index in [9.17, 15) is 8.78 Å². The van der Waals surface area contributed by atoms with Gasteiger partial charge in [0.05, 0.1) is 0 Å². The third-order valence-corrected chi connectivity index (χ3v) is 3.27. The van der Waals surface area contributed by atoms with E-state index in [1.165, 1.54) is 24.3 Å². The highest BCUT2D eigenvalue weighted by molar-refractivity contribution is 5.32. The molecule has 112 valence electrons. The molecule has 0 saturated heterocycles. The van der Waals surface area contributed by atoms with Gasteiger partial charge in [-0.2, -0.15) is 0 Å². The van der Waals surface area contributed by atoms with Gasteiger partial charge in [-0.1, -0.05) is 12.1 Å². The van der Waals surface area contributed by atoms with Gasteiger partial charge in [0, 0.05) is 35.3 Å². The van der Waals surface area contributed by atoms with Gasteiger partial charge in [-0.05, 0) is 18.6 Å². The van der Waals surface area contributed by atoms with Gasteiger partial charge in [0.2, 0.25) is 0 Å². The number of phenols is 2. The van der Waals surface area contributed by atoms with Crippen molar-refractivity contribution in [2.24, 2.45) is 11.5 Å². The molecular weight excluding hydrogens is 278 g/mol. The van der Waals surface area contributed by atoms with Gasteiger partial charge in [-0.3, -0.25) is 0 Å². The zero-order valence-electron chi connectivity index (χ0n) is 11.1. The molecule has 0 fully saturated rings. The molecule has 2 aromatic rings. The number of benzene rings is 2. The summed E-state index contributed by atoms with van der Waals surface area (Å²) in [6.07, 6.45) is 0.114. The van der Waals surface area contributed by atoms with Crippen LogP contribution in [0.1, 0.15) is 29.6 Å². The average molecular weight is 294 g/mol. The number of rotatable bonds is 4. The van der Waals surface area contributed by atoms with E-state index in [1.807, 2.05) is 0 Å². The fourth-order valence-corrected chi connectivity index (χ4v) is 2.16. The van der Waals surface area contributed by atoms with Gasteiger partial charge in [0.25, 0.3) is 0 Å². The van der Waals surface area contributed by atoms with Crippen LogP contribution in [-0.4, -0.2) is 10.2 Å². The summed E-state index contributed by atoms with van der Waals surface area (Å²) in [6, 6.07) is 5.83. The molecule has 0 aromatic heterocycles. The standard InChI is InChI=1S/C15H16F2N2O2/c16-12-5-8(20)1-3-10(12)14(18)7-15(19)11-4-2-9(21)6-13(11)17/h1-6,14-15,20-21H,7,18-19H2. The summed E-state index contributed by atoms with van der Waals surface area (Å²) < 4.78 is 27.4. The second-order valence-electron chi connectivity index (χ2n) is 4.86. The van der Waals surface area contributed by atoms with E-state index >= 15 is 0 Å². The molecular formula is C15H16F2N2O2. The first-order valence-electron chi connectivity index (χ1n) is 6.36. The van der Waals surface area contributed by atoms with Crippen LogP contribution >= 0.6 is 0 Å². The molecule has 0 aliphatic heterocycles. The topological polar surface area (TPSA) is 92.5 Å². The molecule has 0 radical (unpaired) electrons. The van der Waals surface area contributed by atoms with Crippen LogP contribution in [0.3, 0.4) is 0 Å². The fraction of sp³-hybridized carbons (Fsp3) is 0.200. The Morgan fingerprint density at radius 1 is 0.810 bits per heavy atom. The van der Waals surface area contributed by atoms with Gasteiger partial charge >= 0.3 is 0 Å². The minimum atomic E-state index is -0.742. The summed E-state index contributed by atoms with van der Waals surface area (Å²) in [7, 11) is 0. The molecule has 0 bridgehead atoms. The zero-order chi connectivity index (χ0) is 15.6. The van der Waals surface area contributed by atoms with E-state index in [0.29, 0.717) is 0 Å². The number of phenolic OH excluding ortho intramolecular Hbond substituents is 2. The molecule has 4 nitrogen and oxygen atoms in total. The highest BCUT2D eigenvalue weighted by Crippen LogP contribution is 2.28.